The van der Waals surface area contributed by atoms with Gasteiger partial charge in [-0.2, -0.15) is 0 Å². The summed E-state index contributed by atoms with van der Waals surface area (Å²) in [6, 6.07) is 7.16. The van der Waals surface area contributed by atoms with Crippen molar-refractivity contribution in [1.82, 2.24) is 9.97 Å². The lowest BCUT2D eigenvalue weighted by Gasteiger charge is -2.21. The van der Waals surface area contributed by atoms with Gasteiger partial charge in [-0.25, -0.2) is 9.78 Å². The molecule has 0 aliphatic heterocycles. The van der Waals surface area contributed by atoms with Crippen LogP contribution in [0.2, 0.25) is 5.02 Å². The van der Waals surface area contributed by atoms with Crippen molar-refractivity contribution in [2.75, 3.05) is 11.4 Å². The number of carboxylic acids is 1. The van der Waals surface area contributed by atoms with E-state index in [0.717, 1.165) is 5.69 Å². The van der Waals surface area contributed by atoms with Crippen LogP contribution in [0.15, 0.2) is 36.7 Å². The number of pyridine rings is 2. The number of carbonyl (C=O) groups is 1. The zero-order valence-electron chi connectivity index (χ0n) is 11.0. The van der Waals surface area contributed by atoms with Gasteiger partial charge in [0.05, 0.1) is 22.8 Å². The van der Waals surface area contributed by atoms with Gasteiger partial charge in [-0.1, -0.05) is 17.7 Å². The monoisotopic (exact) mass is 291 g/mol. The maximum absolute atomic E-state index is 11.1. The topological polar surface area (TPSA) is 66.3 Å². The summed E-state index contributed by atoms with van der Waals surface area (Å²) in [5.41, 5.74) is 0.944. The number of rotatable bonds is 5. The predicted octanol–water partition coefficient (Wildman–Crippen LogP) is 2.85. The van der Waals surface area contributed by atoms with E-state index in [-0.39, 0.29) is 10.6 Å². The molecule has 0 aliphatic carbocycles. The quantitative estimate of drug-likeness (QED) is 0.917. The fourth-order valence-corrected chi connectivity index (χ4v) is 1.99. The van der Waals surface area contributed by atoms with Gasteiger partial charge in [-0.3, -0.25) is 4.98 Å². The minimum atomic E-state index is -1.06. The highest BCUT2D eigenvalue weighted by atomic mass is 35.5. The Hall–Kier alpha value is -2.14. The van der Waals surface area contributed by atoms with E-state index in [1.54, 1.807) is 6.20 Å². The van der Waals surface area contributed by atoms with Crippen LogP contribution in [0.3, 0.4) is 0 Å². The second-order valence-corrected chi connectivity index (χ2v) is 4.57. The minimum Gasteiger partial charge on any atom is -0.478 e. The van der Waals surface area contributed by atoms with E-state index in [0.29, 0.717) is 18.9 Å². The molecule has 0 spiro atoms. The maximum Gasteiger partial charge on any atom is 0.337 e. The number of hydrogen-bond acceptors (Lipinski definition) is 4. The molecule has 0 radical (unpaired) electrons. The second-order valence-electron chi connectivity index (χ2n) is 4.16. The van der Waals surface area contributed by atoms with Gasteiger partial charge < -0.3 is 10.0 Å². The largest absolute Gasteiger partial charge is 0.478 e. The maximum atomic E-state index is 11.1. The van der Waals surface area contributed by atoms with E-state index >= 15 is 0 Å². The zero-order valence-corrected chi connectivity index (χ0v) is 11.7. The van der Waals surface area contributed by atoms with Crippen molar-refractivity contribution in [2.24, 2.45) is 0 Å². The molecule has 0 saturated carbocycles. The molecule has 2 heterocycles. The number of hydrogen-bond donors (Lipinski definition) is 1. The molecular formula is C14H14ClN3O2. The third-order valence-corrected chi connectivity index (χ3v) is 3.16. The van der Waals surface area contributed by atoms with Crippen LogP contribution >= 0.6 is 11.6 Å². The summed E-state index contributed by atoms with van der Waals surface area (Å²) in [7, 11) is 0. The lowest BCUT2D eigenvalue weighted by molar-refractivity contribution is 0.0697. The van der Waals surface area contributed by atoms with E-state index in [2.05, 4.69) is 9.97 Å². The minimum absolute atomic E-state index is 0.0520. The SMILES string of the molecule is CCN(Cc1ccccn1)c1cc(C(=O)O)c(Cl)cn1. The molecule has 2 aromatic heterocycles. The molecule has 6 heteroatoms. The number of aromatic carboxylic acids is 1. The fraction of sp³-hybridized carbons (Fsp3) is 0.214. The van der Waals surface area contributed by atoms with Gasteiger partial charge in [-0.05, 0) is 25.1 Å². The molecule has 2 aromatic rings. The van der Waals surface area contributed by atoms with E-state index in [9.17, 15) is 4.79 Å². The zero-order chi connectivity index (χ0) is 14.5. The smallest absolute Gasteiger partial charge is 0.337 e. The van der Waals surface area contributed by atoms with Crippen molar-refractivity contribution in [3.8, 4) is 0 Å². The number of nitrogens with zero attached hydrogens (tertiary/aromatic N) is 3. The molecule has 0 atom stereocenters. The highest BCUT2D eigenvalue weighted by Crippen LogP contribution is 2.21. The van der Waals surface area contributed by atoms with Crippen LogP contribution in [0.1, 0.15) is 23.0 Å². The lowest BCUT2D eigenvalue weighted by Crippen LogP contribution is -2.24. The van der Waals surface area contributed by atoms with Gasteiger partial charge in [0.15, 0.2) is 0 Å². The Morgan fingerprint density at radius 3 is 2.80 bits per heavy atom. The standard InChI is InChI=1S/C14H14ClN3O2/c1-2-18(9-10-5-3-4-6-16-10)13-7-11(14(19)20)12(15)8-17-13/h3-8H,2,9H2,1H3,(H,19,20). The summed E-state index contributed by atoms with van der Waals surface area (Å²) in [6.45, 7) is 3.22. The van der Waals surface area contributed by atoms with Crippen molar-refractivity contribution in [1.29, 1.82) is 0 Å². The molecule has 0 fully saturated rings. The van der Waals surface area contributed by atoms with Gasteiger partial charge >= 0.3 is 5.97 Å². The Bertz CT molecular complexity index is 605. The molecule has 104 valence electrons. The van der Waals surface area contributed by atoms with Crippen molar-refractivity contribution in [3.63, 3.8) is 0 Å². The first-order chi connectivity index (χ1) is 9.61. The van der Waals surface area contributed by atoms with Crippen LogP contribution < -0.4 is 4.90 Å². The molecule has 0 amide bonds. The Labute approximate surface area is 121 Å². The molecular weight excluding hydrogens is 278 g/mol. The molecule has 2 rings (SSSR count). The van der Waals surface area contributed by atoms with Crippen molar-refractivity contribution in [3.05, 3.63) is 52.9 Å². The number of anilines is 1. The van der Waals surface area contributed by atoms with Crippen molar-refractivity contribution >= 4 is 23.4 Å². The Morgan fingerprint density at radius 1 is 1.40 bits per heavy atom. The Balaban J connectivity index is 2.28. The van der Waals surface area contributed by atoms with E-state index < -0.39 is 5.97 Å². The molecule has 0 aliphatic rings. The Morgan fingerprint density at radius 2 is 2.20 bits per heavy atom. The summed E-state index contributed by atoms with van der Waals surface area (Å²) >= 11 is 5.83. The first-order valence-corrected chi connectivity index (χ1v) is 6.53. The van der Waals surface area contributed by atoms with Crippen LogP contribution in [0.4, 0.5) is 5.82 Å². The van der Waals surface area contributed by atoms with Crippen LogP contribution in [-0.4, -0.2) is 27.6 Å². The predicted molar refractivity (Wildman–Crippen MR) is 77.2 cm³/mol. The van der Waals surface area contributed by atoms with Gasteiger partial charge in [0.2, 0.25) is 0 Å². The average Bonchev–Trinajstić information content (AvgIpc) is 2.46. The van der Waals surface area contributed by atoms with E-state index in [4.69, 9.17) is 16.7 Å². The fourth-order valence-electron chi connectivity index (χ4n) is 1.81. The van der Waals surface area contributed by atoms with E-state index in [1.807, 2.05) is 30.0 Å². The van der Waals surface area contributed by atoms with Crippen LogP contribution in [0.5, 0.6) is 0 Å². The van der Waals surface area contributed by atoms with Crippen LogP contribution in [0, 0.1) is 0 Å². The second kappa shape index (κ2) is 6.34. The highest BCUT2D eigenvalue weighted by Gasteiger charge is 2.14. The molecule has 0 bridgehead atoms. The summed E-state index contributed by atoms with van der Waals surface area (Å²) in [6.07, 6.45) is 3.09. The van der Waals surface area contributed by atoms with Crippen LogP contribution in [-0.2, 0) is 6.54 Å². The average molecular weight is 292 g/mol. The first kappa shape index (κ1) is 14.3. The van der Waals surface area contributed by atoms with E-state index in [1.165, 1.54) is 12.3 Å². The van der Waals surface area contributed by atoms with Crippen molar-refractivity contribution in [2.45, 2.75) is 13.5 Å². The third kappa shape index (κ3) is 3.24. The Kier molecular flexibility index (Phi) is 4.53. The van der Waals surface area contributed by atoms with Crippen LogP contribution in [0.25, 0.3) is 0 Å². The first-order valence-electron chi connectivity index (χ1n) is 6.15. The summed E-state index contributed by atoms with van der Waals surface area (Å²) in [4.78, 5) is 21.5. The summed E-state index contributed by atoms with van der Waals surface area (Å²) < 4.78 is 0. The summed E-state index contributed by atoms with van der Waals surface area (Å²) in [5, 5.41) is 9.23. The normalized spacial score (nSPS) is 10.3. The molecule has 20 heavy (non-hydrogen) atoms. The van der Waals surface area contributed by atoms with Gasteiger partial charge in [0, 0.05) is 18.9 Å². The van der Waals surface area contributed by atoms with Crippen molar-refractivity contribution < 1.29 is 9.90 Å². The summed E-state index contributed by atoms with van der Waals surface area (Å²) in [5.74, 6) is -0.493. The number of carboxylic acid groups (broad SMARTS) is 1. The van der Waals surface area contributed by atoms with Gasteiger partial charge in [-0.15, -0.1) is 0 Å². The third-order valence-electron chi connectivity index (χ3n) is 2.86. The molecule has 5 nitrogen and oxygen atoms in total. The number of aromatic nitrogens is 2. The van der Waals surface area contributed by atoms with Gasteiger partial charge in [0.1, 0.15) is 5.82 Å². The molecule has 0 aromatic carbocycles. The molecule has 1 N–H and O–H groups in total. The molecule has 0 saturated heterocycles. The molecule has 0 unspecified atom stereocenters. The number of halogens is 1. The van der Waals surface area contributed by atoms with Gasteiger partial charge in [0.25, 0.3) is 0 Å². The lowest BCUT2D eigenvalue weighted by atomic mass is 10.2. The highest BCUT2D eigenvalue weighted by molar-refractivity contribution is 6.33.